The van der Waals surface area contributed by atoms with Gasteiger partial charge in [0.15, 0.2) is 0 Å². The smallest absolute Gasteiger partial charge is 0.253 e. The van der Waals surface area contributed by atoms with Crippen molar-refractivity contribution in [3.8, 4) is 0 Å². The zero-order valence-electron chi connectivity index (χ0n) is 10.5. The van der Waals surface area contributed by atoms with Crippen LogP contribution in [0.15, 0.2) is 34.0 Å². The van der Waals surface area contributed by atoms with E-state index in [0.29, 0.717) is 12.2 Å². The van der Waals surface area contributed by atoms with Crippen LogP contribution < -0.4 is 11.4 Å². The van der Waals surface area contributed by atoms with Gasteiger partial charge >= 0.3 is 11.4 Å². The number of hydrogen-bond donors (Lipinski definition) is 0. The van der Waals surface area contributed by atoms with E-state index in [-0.39, 0.29) is 5.69 Å². The molecule has 0 saturated heterocycles. The minimum absolute atomic E-state index is 0.304. The van der Waals surface area contributed by atoms with Crippen LogP contribution in [0, 0.1) is 0 Å². The summed E-state index contributed by atoms with van der Waals surface area (Å²) in [6, 6.07) is 5.17. The molecule has 0 aliphatic rings. The molecular weight excluding hydrogens is 230 g/mol. The molecule has 5 nitrogen and oxygen atoms in total. The van der Waals surface area contributed by atoms with Gasteiger partial charge in [0.2, 0.25) is 0 Å². The Morgan fingerprint density at radius 3 is 2.78 bits per heavy atom. The largest absolute Gasteiger partial charge is 0.353 e. The van der Waals surface area contributed by atoms with Crippen molar-refractivity contribution < 1.29 is 0 Å². The number of fused-ring (bicyclic) bond motifs is 1. The summed E-state index contributed by atoms with van der Waals surface area (Å²) in [5.41, 5.74) is -0.359. The van der Waals surface area contributed by atoms with Crippen LogP contribution in [0.25, 0.3) is 5.65 Å². The Balaban J connectivity index is 2.33. The van der Waals surface area contributed by atoms with Crippen LogP contribution in [0.1, 0.15) is 32.6 Å². The molecule has 0 unspecified atom stereocenters. The zero-order valence-corrected chi connectivity index (χ0v) is 10.5. The summed E-state index contributed by atoms with van der Waals surface area (Å²) in [6.07, 6.45) is 5.75. The predicted octanol–water partition coefficient (Wildman–Crippen LogP) is 1.44. The topological polar surface area (TPSA) is 56.4 Å². The summed E-state index contributed by atoms with van der Waals surface area (Å²) < 4.78 is 2.61. The van der Waals surface area contributed by atoms with Crippen LogP contribution in [0.4, 0.5) is 0 Å². The summed E-state index contributed by atoms with van der Waals surface area (Å²) in [7, 11) is 0. The number of hydrogen-bond acceptors (Lipinski definition) is 3. The van der Waals surface area contributed by atoms with Crippen molar-refractivity contribution in [2.45, 2.75) is 39.2 Å². The summed E-state index contributed by atoms with van der Waals surface area (Å²) >= 11 is 0. The minimum atomic E-state index is -0.456. The first-order valence-electron chi connectivity index (χ1n) is 6.32. The van der Waals surface area contributed by atoms with Gasteiger partial charge in [-0.25, -0.2) is 14.2 Å². The molecule has 0 N–H and O–H groups in total. The Bertz CT molecular complexity index is 642. The second-order valence-corrected chi connectivity index (χ2v) is 4.32. The van der Waals surface area contributed by atoms with Gasteiger partial charge in [0.25, 0.3) is 0 Å². The van der Waals surface area contributed by atoms with Crippen LogP contribution in [-0.4, -0.2) is 14.0 Å². The summed E-state index contributed by atoms with van der Waals surface area (Å²) in [5, 5.41) is 0. The van der Waals surface area contributed by atoms with Crippen molar-refractivity contribution in [1.82, 2.24) is 14.0 Å². The molecule has 0 bridgehead atoms. The Hall–Kier alpha value is -1.91. The summed E-state index contributed by atoms with van der Waals surface area (Å²) in [4.78, 5) is 27.8. The highest BCUT2D eigenvalue weighted by atomic mass is 16.2. The van der Waals surface area contributed by atoms with E-state index in [4.69, 9.17) is 0 Å². The van der Waals surface area contributed by atoms with Crippen molar-refractivity contribution in [2.24, 2.45) is 0 Å². The van der Waals surface area contributed by atoms with Gasteiger partial charge in [-0.1, -0.05) is 32.3 Å². The second-order valence-electron chi connectivity index (χ2n) is 4.32. The molecule has 5 heteroatoms. The molecule has 0 saturated carbocycles. The van der Waals surface area contributed by atoms with Crippen molar-refractivity contribution in [2.75, 3.05) is 0 Å². The van der Waals surface area contributed by atoms with Gasteiger partial charge < -0.3 is 0 Å². The Morgan fingerprint density at radius 1 is 1.17 bits per heavy atom. The van der Waals surface area contributed by atoms with Gasteiger partial charge in [0.05, 0.1) is 0 Å². The third-order valence-electron chi connectivity index (χ3n) is 2.95. The van der Waals surface area contributed by atoms with Crippen molar-refractivity contribution >= 4 is 5.65 Å². The fourth-order valence-corrected chi connectivity index (χ4v) is 1.95. The Kier molecular flexibility index (Phi) is 3.92. The van der Waals surface area contributed by atoms with Gasteiger partial charge in [-0.05, 0) is 18.6 Å². The quantitative estimate of drug-likeness (QED) is 0.751. The summed E-state index contributed by atoms with van der Waals surface area (Å²) in [5.74, 6) is 0. The van der Waals surface area contributed by atoms with E-state index < -0.39 is 5.69 Å². The lowest BCUT2D eigenvalue weighted by Gasteiger charge is -2.05. The van der Waals surface area contributed by atoms with Crippen LogP contribution >= 0.6 is 0 Å². The molecule has 0 amide bonds. The zero-order chi connectivity index (χ0) is 13.0. The standard InChI is InChI=1S/C13H17N3O2/c1-2-3-4-6-10-16-12(17)14-11-8-5-7-9-15(11)13(16)18/h5,7-9H,2-4,6,10H2,1H3. The molecule has 2 heterocycles. The Morgan fingerprint density at radius 2 is 2.00 bits per heavy atom. The fraction of sp³-hybridized carbons (Fsp3) is 0.462. The van der Waals surface area contributed by atoms with Gasteiger partial charge in [0, 0.05) is 12.7 Å². The van der Waals surface area contributed by atoms with E-state index in [1.807, 2.05) is 0 Å². The number of nitrogens with zero attached hydrogens (tertiary/aromatic N) is 3. The third kappa shape index (κ3) is 2.50. The third-order valence-corrected chi connectivity index (χ3v) is 2.95. The molecule has 2 aromatic heterocycles. The molecule has 18 heavy (non-hydrogen) atoms. The molecule has 0 spiro atoms. The van der Waals surface area contributed by atoms with E-state index in [2.05, 4.69) is 11.9 Å². The van der Waals surface area contributed by atoms with Gasteiger partial charge in [-0.2, -0.15) is 4.98 Å². The van der Waals surface area contributed by atoms with Gasteiger partial charge in [-0.3, -0.25) is 4.40 Å². The maximum Gasteiger partial charge on any atom is 0.353 e. The molecule has 0 fully saturated rings. The number of rotatable bonds is 5. The monoisotopic (exact) mass is 247 g/mol. The van der Waals surface area contributed by atoms with E-state index in [1.165, 1.54) is 8.97 Å². The second kappa shape index (κ2) is 5.62. The average molecular weight is 247 g/mol. The SMILES string of the molecule is CCCCCCn1c(=O)nc2ccccn2c1=O. The minimum Gasteiger partial charge on any atom is -0.253 e. The van der Waals surface area contributed by atoms with Crippen LogP contribution in [-0.2, 0) is 6.54 Å². The van der Waals surface area contributed by atoms with E-state index >= 15 is 0 Å². The van der Waals surface area contributed by atoms with E-state index in [9.17, 15) is 9.59 Å². The highest BCUT2D eigenvalue weighted by molar-refractivity contribution is 5.35. The molecule has 0 aliphatic heterocycles. The van der Waals surface area contributed by atoms with Crippen LogP contribution in [0.2, 0.25) is 0 Å². The molecule has 0 atom stereocenters. The highest BCUT2D eigenvalue weighted by Gasteiger charge is 2.06. The van der Waals surface area contributed by atoms with Crippen molar-refractivity contribution in [3.05, 3.63) is 45.4 Å². The van der Waals surface area contributed by atoms with Crippen LogP contribution in [0.5, 0.6) is 0 Å². The van der Waals surface area contributed by atoms with Gasteiger partial charge in [-0.15, -0.1) is 0 Å². The number of aromatic nitrogens is 3. The molecule has 0 aromatic carbocycles. The number of pyridine rings is 1. The van der Waals surface area contributed by atoms with Crippen LogP contribution in [0.3, 0.4) is 0 Å². The first-order chi connectivity index (χ1) is 8.74. The summed E-state index contributed by atoms with van der Waals surface area (Å²) in [6.45, 7) is 2.57. The number of unbranched alkanes of at least 4 members (excludes halogenated alkanes) is 3. The lowest BCUT2D eigenvalue weighted by molar-refractivity contribution is 0.536. The van der Waals surface area contributed by atoms with Crippen molar-refractivity contribution in [3.63, 3.8) is 0 Å². The molecule has 0 aliphatic carbocycles. The van der Waals surface area contributed by atoms with E-state index in [0.717, 1.165) is 25.7 Å². The lowest BCUT2D eigenvalue weighted by atomic mass is 10.2. The van der Waals surface area contributed by atoms with Gasteiger partial charge in [0.1, 0.15) is 5.65 Å². The predicted molar refractivity (Wildman–Crippen MR) is 69.9 cm³/mol. The average Bonchev–Trinajstić information content (AvgIpc) is 2.38. The first-order valence-corrected chi connectivity index (χ1v) is 6.32. The first kappa shape index (κ1) is 12.5. The normalized spacial score (nSPS) is 10.9. The van der Waals surface area contributed by atoms with Crippen molar-refractivity contribution in [1.29, 1.82) is 0 Å². The maximum absolute atomic E-state index is 12.1. The Labute approximate surface area is 105 Å². The highest BCUT2D eigenvalue weighted by Crippen LogP contribution is 1.99. The lowest BCUT2D eigenvalue weighted by Crippen LogP contribution is -2.39. The fourth-order valence-electron chi connectivity index (χ4n) is 1.95. The molecular formula is C13H17N3O2. The molecule has 0 radical (unpaired) electrons. The molecule has 2 aromatic rings. The maximum atomic E-state index is 12.1. The molecule has 2 rings (SSSR count). The molecule has 96 valence electrons. The van der Waals surface area contributed by atoms with E-state index in [1.54, 1.807) is 24.4 Å².